The number of amides is 2. The van der Waals surface area contributed by atoms with Crippen molar-refractivity contribution in [1.82, 2.24) is 10.2 Å². The molecule has 1 aliphatic carbocycles. The molecule has 0 saturated carbocycles. The Kier molecular flexibility index (Phi) is 6.64. The maximum atomic E-state index is 12.8. The Morgan fingerprint density at radius 3 is 2.26 bits per heavy atom. The molecule has 34 heavy (non-hydrogen) atoms. The fourth-order valence-electron chi connectivity index (χ4n) is 5.07. The molecule has 1 aliphatic heterocycles. The number of nitrogens with zero attached hydrogens (tertiary/aromatic N) is 1. The Labute approximate surface area is 200 Å². The number of likely N-dealkylation sites (tertiary alicyclic amines) is 1. The summed E-state index contributed by atoms with van der Waals surface area (Å²) in [5.74, 6) is -1.39. The number of rotatable bonds is 7. The first-order valence-electron chi connectivity index (χ1n) is 11.8. The van der Waals surface area contributed by atoms with Gasteiger partial charge in [0, 0.05) is 31.5 Å². The molecule has 0 aromatic heterocycles. The molecule has 7 nitrogen and oxygen atoms in total. The molecule has 2 aliphatic rings. The zero-order chi connectivity index (χ0) is 24.5. The average Bonchev–Trinajstić information content (AvgIpc) is 3.32. The molecule has 3 atom stereocenters. The summed E-state index contributed by atoms with van der Waals surface area (Å²) in [5.41, 5.74) is 3.74. The van der Waals surface area contributed by atoms with E-state index in [-0.39, 0.29) is 36.8 Å². The Balaban J connectivity index is 1.25. The number of alkyl carbamates (subject to hydrolysis) is 1. The largest absolute Gasteiger partial charge is 0.481 e. The number of hydrogen-bond acceptors (Lipinski definition) is 4. The summed E-state index contributed by atoms with van der Waals surface area (Å²) in [6.45, 7) is 6.57. The van der Waals surface area contributed by atoms with Gasteiger partial charge in [-0.3, -0.25) is 9.59 Å². The molecule has 2 N–H and O–H groups in total. The van der Waals surface area contributed by atoms with Crippen LogP contribution in [-0.4, -0.2) is 54.2 Å². The lowest BCUT2D eigenvalue weighted by atomic mass is 9.81. The maximum absolute atomic E-state index is 12.8. The molecule has 2 aromatic rings. The van der Waals surface area contributed by atoms with Gasteiger partial charge >= 0.3 is 12.1 Å². The Hall–Kier alpha value is -3.35. The van der Waals surface area contributed by atoms with Crippen LogP contribution in [0.5, 0.6) is 0 Å². The van der Waals surface area contributed by atoms with Gasteiger partial charge in [-0.1, -0.05) is 62.4 Å². The second-order valence-electron chi connectivity index (χ2n) is 9.78. The van der Waals surface area contributed by atoms with Crippen LogP contribution < -0.4 is 5.32 Å². The van der Waals surface area contributed by atoms with Gasteiger partial charge in [0.25, 0.3) is 0 Å². The van der Waals surface area contributed by atoms with Crippen molar-refractivity contribution in [3.63, 3.8) is 0 Å². The number of aliphatic carboxylic acids is 1. The summed E-state index contributed by atoms with van der Waals surface area (Å²) in [4.78, 5) is 38.4. The van der Waals surface area contributed by atoms with Crippen molar-refractivity contribution in [2.75, 3.05) is 26.2 Å². The van der Waals surface area contributed by atoms with Crippen LogP contribution >= 0.6 is 0 Å². The molecule has 1 fully saturated rings. The van der Waals surface area contributed by atoms with Gasteiger partial charge in [0.1, 0.15) is 6.61 Å². The maximum Gasteiger partial charge on any atom is 0.407 e. The van der Waals surface area contributed by atoms with Crippen LogP contribution in [0, 0.1) is 17.3 Å². The minimum absolute atomic E-state index is 0.000599. The molecule has 2 aromatic carbocycles. The summed E-state index contributed by atoms with van der Waals surface area (Å²) in [5, 5.41) is 12.3. The highest BCUT2D eigenvalue weighted by Crippen LogP contribution is 2.44. The van der Waals surface area contributed by atoms with Crippen molar-refractivity contribution in [1.29, 1.82) is 0 Å². The van der Waals surface area contributed by atoms with Gasteiger partial charge in [-0.15, -0.1) is 0 Å². The van der Waals surface area contributed by atoms with Crippen molar-refractivity contribution in [3.05, 3.63) is 59.7 Å². The van der Waals surface area contributed by atoms with E-state index in [1.807, 2.05) is 38.1 Å². The number of benzene rings is 2. The van der Waals surface area contributed by atoms with E-state index < -0.39 is 17.5 Å². The van der Waals surface area contributed by atoms with Gasteiger partial charge in [-0.2, -0.15) is 0 Å². The third-order valence-corrected chi connectivity index (χ3v) is 7.51. The lowest BCUT2D eigenvalue weighted by Crippen LogP contribution is -2.38. The summed E-state index contributed by atoms with van der Waals surface area (Å²) >= 11 is 0. The molecule has 1 saturated heterocycles. The molecule has 1 heterocycles. The number of fused-ring (bicyclic) bond motifs is 3. The van der Waals surface area contributed by atoms with Crippen LogP contribution in [0.1, 0.15) is 44.2 Å². The lowest BCUT2D eigenvalue weighted by Gasteiger charge is -2.24. The van der Waals surface area contributed by atoms with Crippen molar-refractivity contribution in [2.24, 2.45) is 17.3 Å². The molecular weight excluding hydrogens is 432 g/mol. The predicted molar refractivity (Wildman–Crippen MR) is 128 cm³/mol. The van der Waals surface area contributed by atoms with E-state index in [1.54, 1.807) is 11.8 Å². The monoisotopic (exact) mass is 464 g/mol. The summed E-state index contributed by atoms with van der Waals surface area (Å²) in [7, 11) is 0. The molecule has 0 radical (unpaired) electrons. The van der Waals surface area contributed by atoms with Crippen LogP contribution in [0.2, 0.25) is 0 Å². The predicted octanol–water partition coefficient (Wildman–Crippen LogP) is 4.12. The van der Waals surface area contributed by atoms with Gasteiger partial charge in [-0.25, -0.2) is 4.79 Å². The highest BCUT2D eigenvalue weighted by molar-refractivity contribution is 5.82. The van der Waals surface area contributed by atoms with Crippen LogP contribution in [0.25, 0.3) is 11.1 Å². The molecule has 0 bridgehead atoms. The van der Waals surface area contributed by atoms with Crippen molar-refractivity contribution in [3.8, 4) is 11.1 Å². The second kappa shape index (κ2) is 9.49. The fraction of sp³-hybridized carbons (Fsp3) is 0.444. The van der Waals surface area contributed by atoms with Crippen LogP contribution in [-0.2, 0) is 14.3 Å². The molecule has 180 valence electrons. The van der Waals surface area contributed by atoms with E-state index in [2.05, 4.69) is 29.6 Å². The van der Waals surface area contributed by atoms with E-state index >= 15 is 0 Å². The first-order chi connectivity index (χ1) is 16.2. The highest BCUT2D eigenvalue weighted by atomic mass is 16.5. The van der Waals surface area contributed by atoms with Crippen LogP contribution in [0.15, 0.2) is 48.5 Å². The summed E-state index contributed by atoms with van der Waals surface area (Å²) < 4.78 is 5.54. The fourth-order valence-corrected chi connectivity index (χ4v) is 5.07. The van der Waals surface area contributed by atoms with Crippen LogP contribution in [0.4, 0.5) is 4.79 Å². The van der Waals surface area contributed by atoms with Gasteiger partial charge in [0.05, 0.1) is 5.41 Å². The van der Waals surface area contributed by atoms with E-state index in [9.17, 15) is 19.5 Å². The lowest BCUT2D eigenvalue weighted by molar-refractivity contribution is -0.149. The minimum Gasteiger partial charge on any atom is -0.481 e. The molecule has 4 rings (SSSR count). The summed E-state index contributed by atoms with van der Waals surface area (Å²) in [6, 6.07) is 16.3. The normalized spacial score (nSPS) is 22.1. The number of nitrogens with one attached hydrogen (secondary N) is 1. The average molecular weight is 465 g/mol. The van der Waals surface area contributed by atoms with Crippen molar-refractivity contribution in [2.45, 2.75) is 33.1 Å². The number of ether oxygens (including phenoxy) is 1. The topological polar surface area (TPSA) is 95.9 Å². The molecule has 7 heteroatoms. The summed E-state index contributed by atoms with van der Waals surface area (Å²) in [6.07, 6.45) is -0.0488. The van der Waals surface area contributed by atoms with Gasteiger partial charge in [0.2, 0.25) is 5.91 Å². The Morgan fingerprint density at radius 2 is 1.71 bits per heavy atom. The second-order valence-corrected chi connectivity index (χ2v) is 9.78. The Morgan fingerprint density at radius 1 is 1.12 bits per heavy atom. The molecule has 1 unspecified atom stereocenters. The van der Waals surface area contributed by atoms with Crippen LogP contribution in [0.3, 0.4) is 0 Å². The first-order valence-corrected chi connectivity index (χ1v) is 11.8. The molecular formula is C27H32N2O5. The van der Waals surface area contributed by atoms with E-state index in [4.69, 9.17) is 4.74 Å². The standard InChI is InChI=1S/C27H32N2O5/c1-17(24(30)29-14-18(2)27(3,16-29)25(31)32)12-13-28-26(33)34-15-23-21-10-6-4-8-19(21)20-9-5-7-11-22(20)23/h4-11,17-18,23H,12-16H2,1-3H3,(H,28,33)(H,31,32)/t17?,18-,27-/m1/s1. The van der Waals surface area contributed by atoms with Gasteiger partial charge < -0.3 is 20.1 Å². The smallest absolute Gasteiger partial charge is 0.407 e. The van der Waals surface area contributed by atoms with Gasteiger partial charge in [0.15, 0.2) is 0 Å². The minimum atomic E-state index is -0.922. The Bertz CT molecular complexity index is 1050. The van der Waals surface area contributed by atoms with E-state index in [0.29, 0.717) is 19.5 Å². The number of carbonyl (C=O) groups excluding carboxylic acids is 2. The van der Waals surface area contributed by atoms with E-state index in [1.165, 1.54) is 11.1 Å². The third-order valence-electron chi connectivity index (χ3n) is 7.51. The molecule has 0 spiro atoms. The quantitative estimate of drug-likeness (QED) is 0.643. The number of carboxylic acids is 1. The van der Waals surface area contributed by atoms with Gasteiger partial charge in [-0.05, 0) is 41.5 Å². The molecule has 2 amide bonds. The van der Waals surface area contributed by atoms with Crippen molar-refractivity contribution < 1.29 is 24.2 Å². The number of hydrogen-bond donors (Lipinski definition) is 2. The zero-order valence-electron chi connectivity index (χ0n) is 19.9. The van der Waals surface area contributed by atoms with Crippen molar-refractivity contribution >= 4 is 18.0 Å². The number of carboxylic acid groups (broad SMARTS) is 1. The highest BCUT2D eigenvalue weighted by Gasteiger charge is 2.48. The first kappa shape index (κ1) is 23.8. The number of carbonyl (C=O) groups is 3. The third kappa shape index (κ3) is 4.39. The SMILES string of the molecule is CC(CCNC(=O)OCC1c2ccccc2-c2ccccc21)C(=O)N1C[C@@H](C)[C@](C)(C(=O)O)C1. The zero-order valence-corrected chi connectivity index (χ0v) is 19.9. The van der Waals surface area contributed by atoms with E-state index in [0.717, 1.165) is 11.1 Å².